The van der Waals surface area contributed by atoms with Crippen LogP contribution in [0.25, 0.3) is 0 Å². The van der Waals surface area contributed by atoms with Gasteiger partial charge in [0.2, 0.25) is 5.91 Å². The van der Waals surface area contributed by atoms with Crippen LogP contribution < -0.4 is 16.0 Å². The highest BCUT2D eigenvalue weighted by molar-refractivity contribution is 6.01. The molecule has 1 aromatic carbocycles. The van der Waals surface area contributed by atoms with Crippen LogP contribution in [0.3, 0.4) is 0 Å². The van der Waals surface area contributed by atoms with Crippen LogP contribution in [0.4, 0.5) is 0 Å². The Morgan fingerprint density at radius 1 is 1.06 bits per heavy atom. The molecule has 1 heterocycles. The first kappa shape index (κ1) is 23.9. The minimum absolute atomic E-state index is 0.162. The lowest BCUT2D eigenvalue weighted by Gasteiger charge is -2.27. The van der Waals surface area contributed by atoms with E-state index in [0.717, 1.165) is 5.56 Å². The smallest absolute Gasteiger partial charge is 0.329 e. The van der Waals surface area contributed by atoms with Gasteiger partial charge in [0.1, 0.15) is 17.8 Å². The van der Waals surface area contributed by atoms with Crippen molar-refractivity contribution in [2.45, 2.75) is 58.2 Å². The third-order valence-electron chi connectivity index (χ3n) is 4.88. The Balaban J connectivity index is 2.17. The van der Waals surface area contributed by atoms with Crippen molar-refractivity contribution in [3.8, 4) is 5.75 Å². The third kappa shape index (κ3) is 6.84. The Labute approximate surface area is 181 Å². The monoisotopic (exact) mass is 431 g/mol. The number of benzene rings is 1. The average Bonchev–Trinajstić information content (AvgIpc) is 2.71. The second-order valence-corrected chi connectivity index (χ2v) is 7.88. The van der Waals surface area contributed by atoms with Crippen LogP contribution in [0.5, 0.6) is 5.75 Å². The van der Waals surface area contributed by atoms with E-state index in [0.29, 0.717) is 12.8 Å². The number of esters is 1. The van der Waals surface area contributed by atoms with E-state index in [1.807, 2.05) is 0 Å². The van der Waals surface area contributed by atoms with Crippen LogP contribution in [-0.2, 0) is 30.3 Å². The molecule has 9 heteroatoms. The number of aryl methyl sites for hydroxylation is 1. The van der Waals surface area contributed by atoms with Gasteiger partial charge < -0.3 is 25.8 Å². The van der Waals surface area contributed by atoms with Gasteiger partial charge in [0.05, 0.1) is 5.70 Å². The number of carbonyl (C=O) groups excluding carboxylic acids is 4. The van der Waals surface area contributed by atoms with Gasteiger partial charge in [0.25, 0.3) is 11.8 Å². The number of phenolic OH excluding ortho intramolecular Hbond substituents is 1. The number of aromatic hydroxyl groups is 1. The number of hydrogen-bond acceptors (Lipinski definition) is 6. The van der Waals surface area contributed by atoms with Crippen molar-refractivity contribution in [2.24, 2.45) is 5.92 Å². The van der Waals surface area contributed by atoms with Crippen molar-refractivity contribution in [1.29, 1.82) is 0 Å². The highest BCUT2D eigenvalue weighted by atomic mass is 16.5. The van der Waals surface area contributed by atoms with E-state index in [1.165, 1.54) is 6.92 Å². The van der Waals surface area contributed by atoms with Gasteiger partial charge in [-0.05, 0) is 49.8 Å². The molecule has 2 rings (SSSR count). The average molecular weight is 431 g/mol. The van der Waals surface area contributed by atoms with Crippen molar-refractivity contribution >= 4 is 23.7 Å². The van der Waals surface area contributed by atoms with E-state index >= 15 is 0 Å². The Kier molecular flexibility index (Phi) is 8.18. The minimum atomic E-state index is -1.11. The Morgan fingerprint density at radius 2 is 1.71 bits per heavy atom. The number of phenols is 1. The Morgan fingerprint density at radius 3 is 2.32 bits per heavy atom. The summed E-state index contributed by atoms with van der Waals surface area (Å²) in [6, 6.07) is 4.73. The Bertz CT molecular complexity index is 849. The van der Waals surface area contributed by atoms with E-state index in [-0.39, 0.29) is 23.8 Å². The molecule has 0 aromatic heterocycles. The Hall–Kier alpha value is -3.36. The molecule has 0 unspecified atom stereocenters. The van der Waals surface area contributed by atoms with Crippen LogP contribution in [0.15, 0.2) is 36.5 Å². The lowest BCUT2D eigenvalue weighted by atomic mass is 10.0. The summed E-state index contributed by atoms with van der Waals surface area (Å²) in [6.45, 7) is 8.39. The van der Waals surface area contributed by atoms with E-state index in [1.54, 1.807) is 38.1 Å². The molecule has 0 aliphatic carbocycles. The lowest BCUT2D eigenvalue weighted by molar-refractivity contribution is -0.161. The summed E-state index contributed by atoms with van der Waals surface area (Å²) in [5.41, 5.74) is 0.730. The zero-order chi connectivity index (χ0) is 23.1. The van der Waals surface area contributed by atoms with Gasteiger partial charge in [0.15, 0.2) is 6.10 Å². The van der Waals surface area contributed by atoms with Crippen molar-refractivity contribution in [3.63, 3.8) is 0 Å². The maximum Gasteiger partial charge on any atom is 0.329 e. The van der Waals surface area contributed by atoms with E-state index in [4.69, 9.17) is 4.74 Å². The summed E-state index contributed by atoms with van der Waals surface area (Å²) >= 11 is 0. The molecule has 0 spiro atoms. The topological polar surface area (TPSA) is 134 Å². The number of ether oxygens (including phenoxy) is 1. The molecule has 1 aliphatic heterocycles. The summed E-state index contributed by atoms with van der Waals surface area (Å²) < 4.78 is 5.31. The maximum absolute atomic E-state index is 12.8. The number of cyclic esters (lactones) is 1. The third-order valence-corrected chi connectivity index (χ3v) is 4.88. The van der Waals surface area contributed by atoms with Gasteiger partial charge in [-0.2, -0.15) is 0 Å². The van der Waals surface area contributed by atoms with E-state index in [2.05, 4.69) is 22.5 Å². The van der Waals surface area contributed by atoms with E-state index in [9.17, 15) is 24.3 Å². The lowest BCUT2D eigenvalue weighted by Crippen LogP contribution is -2.54. The van der Waals surface area contributed by atoms with Crippen molar-refractivity contribution in [3.05, 3.63) is 42.1 Å². The molecule has 0 bridgehead atoms. The van der Waals surface area contributed by atoms with Crippen LogP contribution >= 0.6 is 0 Å². The second kappa shape index (κ2) is 10.6. The SMILES string of the molecule is C=C1NC(=O)[C@H](CCCc2ccc(O)cc2)NC(=O)[C@H](C(C)C)OC(=O)[C@@H](C)NC1=O. The summed E-state index contributed by atoms with van der Waals surface area (Å²) in [4.78, 5) is 50.0. The molecule has 4 N–H and O–H groups in total. The summed E-state index contributed by atoms with van der Waals surface area (Å²) in [6.07, 6.45) is 0.330. The number of amides is 3. The predicted molar refractivity (Wildman–Crippen MR) is 113 cm³/mol. The zero-order valence-corrected chi connectivity index (χ0v) is 17.9. The molecule has 3 atom stereocenters. The predicted octanol–water partition coefficient (Wildman–Crippen LogP) is 0.916. The molecule has 1 aromatic rings. The molecule has 1 fully saturated rings. The van der Waals surface area contributed by atoms with Crippen molar-refractivity contribution in [2.75, 3.05) is 0 Å². The normalized spacial score (nSPS) is 23.2. The van der Waals surface area contributed by atoms with Gasteiger partial charge in [-0.15, -0.1) is 0 Å². The fourth-order valence-electron chi connectivity index (χ4n) is 3.05. The number of rotatable bonds is 5. The summed E-state index contributed by atoms with van der Waals surface area (Å²) in [5, 5.41) is 16.8. The maximum atomic E-state index is 12.8. The second-order valence-electron chi connectivity index (χ2n) is 7.88. The minimum Gasteiger partial charge on any atom is -0.508 e. The van der Waals surface area contributed by atoms with Gasteiger partial charge in [0, 0.05) is 0 Å². The molecule has 3 amide bonds. The van der Waals surface area contributed by atoms with E-state index < -0.39 is 41.9 Å². The first-order valence-electron chi connectivity index (χ1n) is 10.2. The molecule has 0 radical (unpaired) electrons. The zero-order valence-electron chi connectivity index (χ0n) is 17.9. The van der Waals surface area contributed by atoms with Gasteiger partial charge in [-0.1, -0.05) is 32.6 Å². The molecular weight excluding hydrogens is 402 g/mol. The van der Waals surface area contributed by atoms with Crippen molar-refractivity contribution < 1.29 is 29.0 Å². The fourth-order valence-corrected chi connectivity index (χ4v) is 3.05. The highest BCUT2D eigenvalue weighted by Gasteiger charge is 2.33. The van der Waals surface area contributed by atoms with Gasteiger partial charge in [-0.25, -0.2) is 4.79 Å². The largest absolute Gasteiger partial charge is 0.508 e. The van der Waals surface area contributed by atoms with Gasteiger partial charge >= 0.3 is 5.97 Å². The molecule has 9 nitrogen and oxygen atoms in total. The number of hydrogen-bond donors (Lipinski definition) is 4. The fraction of sp³-hybridized carbons (Fsp3) is 0.455. The first-order valence-corrected chi connectivity index (χ1v) is 10.2. The molecule has 0 saturated carbocycles. The standard InChI is InChI=1S/C22H29N3O6/c1-12(2)18-21(29)25-17(7-5-6-15-8-10-16(26)11-9-15)20(28)23-13(3)19(27)24-14(4)22(30)31-18/h8-12,14,17-18,26H,3,5-7H2,1-2,4H3,(H,23,28)(H,24,27)(H,25,29)/t14-,17+,18+/m1/s1. The summed E-state index contributed by atoms with van der Waals surface area (Å²) in [7, 11) is 0. The number of carbonyl (C=O) groups is 4. The van der Waals surface area contributed by atoms with Crippen LogP contribution in [0.1, 0.15) is 39.2 Å². The molecule has 168 valence electrons. The highest BCUT2D eigenvalue weighted by Crippen LogP contribution is 2.14. The summed E-state index contributed by atoms with van der Waals surface area (Å²) in [5.74, 6) is -2.82. The molecule has 1 saturated heterocycles. The quantitative estimate of drug-likeness (QED) is 0.405. The van der Waals surface area contributed by atoms with Crippen molar-refractivity contribution in [1.82, 2.24) is 16.0 Å². The van der Waals surface area contributed by atoms with Crippen LogP contribution in [-0.4, -0.2) is 47.0 Å². The molecule has 31 heavy (non-hydrogen) atoms. The molecular formula is C22H29N3O6. The molecule has 1 aliphatic rings. The van der Waals surface area contributed by atoms with Crippen LogP contribution in [0, 0.1) is 5.92 Å². The first-order chi connectivity index (χ1) is 14.6. The van der Waals surface area contributed by atoms with Crippen LogP contribution in [0.2, 0.25) is 0 Å². The number of nitrogens with one attached hydrogen (secondary N) is 3. The van der Waals surface area contributed by atoms with Gasteiger partial charge in [-0.3, -0.25) is 14.4 Å².